The third kappa shape index (κ3) is 12.0. The number of aliphatic imine (C=N–C) groups is 1. The molecule has 0 saturated heterocycles. The number of hydrogen-bond donors (Lipinski definition) is 3. The summed E-state index contributed by atoms with van der Waals surface area (Å²) >= 11 is 0. The molecule has 0 bridgehead atoms. The third-order valence-corrected chi connectivity index (χ3v) is 3.65. The zero-order valence-corrected chi connectivity index (χ0v) is 18.3. The van der Waals surface area contributed by atoms with Crippen LogP contribution in [-0.4, -0.2) is 70.8 Å². The van der Waals surface area contributed by atoms with Gasteiger partial charge in [-0.15, -0.1) is 24.0 Å². The fourth-order valence-electron chi connectivity index (χ4n) is 2.20. The molecule has 1 aromatic carbocycles. The molecule has 0 aromatic heterocycles. The Morgan fingerprint density at radius 2 is 1.88 bits per heavy atom. The number of ether oxygens (including phenoxy) is 1. The fraction of sp³-hybridized carbons (Fsp3) is 0.556. The number of likely N-dealkylation sites (N-methyl/N-ethyl adjacent to an activating group) is 1. The molecule has 8 heteroatoms. The number of guanidine groups is 1. The first-order chi connectivity index (χ1) is 12.2. The molecule has 0 radical (unpaired) electrons. The van der Waals surface area contributed by atoms with Crippen LogP contribution in [-0.2, 0) is 16.1 Å². The molecule has 0 aliphatic heterocycles. The Bertz CT molecular complexity index is 514. The van der Waals surface area contributed by atoms with Crippen molar-refractivity contribution in [2.24, 2.45) is 4.99 Å². The van der Waals surface area contributed by atoms with Gasteiger partial charge in [-0.1, -0.05) is 30.3 Å². The van der Waals surface area contributed by atoms with Crippen LogP contribution in [0, 0.1) is 0 Å². The van der Waals surface area contributed by atoms with Crippen LogP contribution in [0.3, 0.4) is 0 Å². The molecule has 0 heterocycles. The molecule has 26 heavy (non-hydrogen) atoms. The molecule has 0 aliphatic rings. The molecule has 0 unspecified atom stereocenters. The van der Waals surface area contributed by atoms with Crippen LogP contribution in [0.5, 0.6) is 0 Å². The van der Waals surface area contributed by atoms with Crippen molar-refractivity contribution in [3.63, 3.8) is 0 Å². The Labute approximate surface area is 174 Å². The van der Waals surface area contributed by atoms with Crippen LogP contribution >= 0.6 is 24.0 Å². The SMILES string of the molecule is CN=C(NCCN(C)CCCOC)NCC(=O)NCc1ccccc1.I. The topological polar surface area (TPSA) is 78.0 Å². The van der Waals surface area contributed by atoms with E-state index in [1.807, 2.05) is 30.3 Å². The lowest BCUT2D eigenvalue weighted by molar-refractivity contribution is -0.120. The summed E-state index contributed by atoms with van der Waals surface area (Å²) in [6.45, 7) is 4.14. The van der Waals surface area contributed by atoms with Gasteiger partial charge >= 0.3 is 0 Å². The Balaban J connectivity index is 0.00000625. The van der Waals surface area contributed by atoms with Gasteiger partial charge < -0.3 is 25.6 Å². The zero-order valence-electron chi connectivity index (χ0n) is 16.0. The van der Waals surface area contributed by atoms with Crippen LogP contribution in [0.4, 0.5) is 0 Å². The maximum Gasteiger partial charge on any atom is 0.239 e. The van der Waals surface area contributed by atoms with Crippen molar-refractivity contribution in [1.82, 2.24) is 20.9 Å². The molecule has 0 aliphatic carbocycles. The monoisotopic (exact) mass is 477 g/mol. The molecular weight excluding hydrogens is 445 g/mol. The summed E-state index contributed by atoms with van der Waals surface area (Å²) in [6.07, 6.45) is 1.02. The van der Waals surface area contributed by atoms with Crippen LogP contribution in [0.15, 0.2) is 35.3 Å². The maximum absolute atomic E-state index is 11.9. The summed E-state index contributed by atoms with van der Waals surface area (Å²) in [7, 11) is 5.48. The van der Waals surface area contributed by atoms with E-state index in [0.29, 0.717) is 12.5 Å². The second-order valence-corrected chi connectivity index (χ2v) is 5.76. The number of rotatable bonds is 11. The molecule has 3 N–H and O–H groups in total. The van der Waals surface area contributed by atoms with Gasteiger partial charge in [-0.05, 0) is 19.0 Å². The van der Waals surface area contributed by atoms with E-state index < -0.39 is 0 Å². The summed E-state index contributed by atoms with van der Waals surface area (Å²) in [5.41, 5.74) is 1.08. The molecule has 0 fully saturated rings. The van der Waals surface area contributed by atoms with Gasteiger partial charge in [-0.3, -0.25) is 9.79 Å². The molecule has 1 amide bonds. The molecule has 0 saturated carbocycles. The van der Waals surface area contributed by atoms with Crippen LogP contribution in [0.25, 0.3) is 0 Å². The molecule has 0 spiro atoms. The van der Waals surface area contributed by atoms with Gasteiger partial charge in [0.25, 0.3) is 0 Å². The van der Waals surface area contributed by atoms with Gasteiger partial charge in [-0.25, -0.2) is 0 Å². The number of methoxy groups -OCH3 is 1. The van der Waals surface area contributed by atoms with E-state index in [0.717, 1.165) is 38.2 Å². The second-order valence-electron chi connectivity index (χ2n) is 5.76. The molecule has 7 nitrogen and oxygen atoms in total. The molecule has 1 rings (SSSR count). The standard InChI is InChI=1S/C18H31N5O2.HI/c1-19-18(20-10-12-23(2)11-7-13-25-3)22-15-17(24)21-14-16-8-5-4-6-9-16;/h4-6,8-9H,7,10-15H2,1-3H3,(H,21,24)(H2,19,20,22);1H. The molecule has 148 valence electrons. The van der Waals surface area contributed by atoms with Gasteiger partial charge in [-0.2, -0.15) is 0 Å². The van der Waals surface area contributed by atoms with E-state index >= 15 is 0 Å². The molecule has 1 aromatic rings. The Kier molecular flexibility index (Phi) is 15.0. The van der Waals surface area contributed by atoms with Crippen LogP contribution in [0.2, 0.25) is 0 Å². The average molecular weight is 477 g/mol. The first-order valence-corrected chi connectivity index (χ1v) is 8.58. The Morgan fingerprint density at radius 1 is 1.15 bits per heavy atom. The van der Waals surface area contributed by atoms with Crippen molar-refractivity contribution >= 4 is 35.8 Å². The Morgan fingerprint density at radius 3 is 2.54 bits per heavy atom. The average Bonchev–Trinajstić information content (AvgIpc) is 2.63. The highest BCUT2D eigenvalue weighted by Crippen LogP contribution is 1.96. The number of halogens is 1. The predicted molar refractivity (Wildman–Crippen MR) is 117 cm³/mol. The van der Waals surface area contributed by atoms with Crippen molar-refractivity contribution in [3.8, 4) is 0 Å². The van der Waals surface area contributed by atoms with E-state index in [2.05, 4.69) is 32.9 Å². The van der Waals surface area contributed by atoms with Crippen molar-refractivity contribution in [2.75, 3.05) is 54.0 Å². The first kappa shape index (κ1) is 24.6. The van der Waals surface area contributed by atoms with Crippen LogP contribution in [0.1, 0.15) is 12.0 Å². The predicted octanol–water partition coefficient (Wildman–Crippen LogP) is 1.05. The van der Waals surface area contributed by atoms with E-state index in [4.69, 9.17) is 4.74 Å². The fourth-order valence-corrected chi connectivity index (χ4v) is 2.20. The van der Waals surface area contributed by atoms with Gasteiger partial charge in [0.15, 0.2) is 5.96 Å². The first-order valence-electron chi connectivity index (χ1n) is 8.58. The highest BCUT2D eigenvalue weighted by atomic mass is 127. The minimum absolute atomic E-state index is 0. The highest BCUT2D eigenvalue weighted by molar-refractivity contribution is 14.0. The van der Waals surface area contributed by atoms with Gasteiger partial charge in [0.1, 0.15) is 0 Å². The van der Waals surface area contributed by atoms with Crippen molar-refractivity contribution < 1.29 is 9.53 Å². The minimum atomic E-state index is -0.0662. The molecule has 0 atom stereocenters. The largest absolute Gasteiger partial charge is 0.385 e. The normalized spacial score (nSPS) is 11.0. The van der Waals surface area contributed by atoms with Gasteiger partial charge in [0, 0.05) is 46.9 Å². The number of hydrogen-bond acceptors (Lipinski definition) is 4. The van der Waals surface area contributed by atoms with Crippen molar-refractivity contribution in [2.45, 2.75) is 13.0 Å². The van der Waals surface area contributed by atoms with E-state index in [1.165, 1.54) is 0 Å². The number of amides is 1. The highest BCUT2D eigenvalue weighted by Gasteiger charge is 2.04. The van der Waals surface area contributed by atoms with E-state index in [-0.39, 0.29) is 36.4 Å². The van der Waals surface area contributed by atoms with E-state index in [9.17, 15) is 4.79 Å². The lowest BCUT2D eigenvalue weighted by Gasteiger charge is -2.18. The number of nitrogens with zero attached hydrogens (tertiary/aromatic N) is 2. The molecular formula is C18H32IN5O2. The van der Waals surface area contributed by atoms with Gasteiger partial charge in [0.2, 0.25) is 5.91 Å². The van der Waals surface area contributed by atoms with Crippen LogP contribution < -0.4 is 16.0 Å². The summed E-state index contributed by atoms with van der Waals surface area (Å²) in [6, 6.07) is 9.84. The summed E-state index contributed by atoms with van der Waals surface area (Å²) in [5.74, 6) is 0.559. The number of carbonyl (C=O) groups excluding carboxylic acids is 1. The summed E-state index contributed by atoms with van der Waals surface area (Å²) in [4.78, 5) is 18.2. The summed E-state index contributed by atoms with van der Waals surface area (Å²) < 4.78 is 5.05. The Hall–Kier alpha value is -1.39. The number of benzene rings is 1. The second kappa shape index (κ2) is 15.8. The number of nitrogens with one attached hydrogen (secondary N) is 3. The van der Waals surface area contributed by atoms with Crippen molar-refractivity contribution in [1.29, 1.82) is 0 Å². The maximum atomic E-state index is 11.9. The van der Waals surface area contributed by atoms with Crippen molar-refractivity contribution in [3.05, 3.63) is 35.9 Å². The van der Waals surface area contributed by atoms with E-state index in [1.54, 1.807) is 14.2 Å². The third-order valence-electron chi connectivity index (χ3n) is 3.65. The lowest BCUT2D eigenvalue weighted by Crippen LogP contribution is -2.45. The number of carbonyl (C=O) groups is 1. The van der Waals surface area contributed by atoms with Gasteiger partial charge in [0.05, 0.1) is 6.54 Å². The minimum Gasteiger partial charge on any atom is -0.385 e. The smallest absolute Gasteiger partial charge is 0.239 e. The zero-order chi connectivity index (χ0) is 18.3. The lowest BCUT2D eigenvalue weighted by atomic mass is 10.2. The summed E-state index contributed by atoms with van der Waals surface area (Å²) in [5, 5.41) is 9.10. The quantitative estimate of drug-likeness (QED) is 0.192.